The number of aromatic nitrogens is 1. The number of nitrogen functional groups attached to an aromatic ring is 1. The lowest BCUT2D eigenvalue weighted by molar-refractivity contribution is 0.142. The zero-order valence-electron chi connectivity index (χ0n) is 5.76. The molecule has 0 unspecified atom stereocenters. The molecular weight excluding hydrogens is 234 g/mol. The van der Waals surface area contributed by atoms with Gasteiger partial charge >= 0.3 is 0 Å². The van der Waals surface area contributed by atoms with E-state index in [0.29, 0.717) is 4.47 Å². The van der Waals surface area contributed by atoms with Gasteiger partial charge in [-0.25, -0.2) is 8.78 Å². The second-order valence-electron chi connectivity index (χ2n) is 2.05. The van der Waals surface area contributed by atoms with Crippen molar-refractivity contribution in [1.29, 1.82) is 0 Å². The first kappa shape index (κ1) is 9.18. The molecule has 0 saturated carbocycles. The molecule has 1 aromatic heterocycles. The maximum absolute atomic E-state index is 12.0. The lowest BCUT2D eigenvalue weighted by Gasteiger charge is -2.05. The van der Waals surface area contributed by atoms with Crippen LogP contribution in [0.25, 0.3) is 0 Å². The fourth-order valence-electron chi connectivity index (χ4n) is 0.668. The molecule has 3 nitrogen and oxygen atoms in total. The van der Waals surface area contributed by atoms with Gasteiger partial charge in [0, 0.05) is 6.20 Å². The molecule has 3 N–H and O–H groups in total. The van der Waals surface area contributed by atoms with Gasteiger partial charge in [-0.1, -0.05) is 0 Å². The average Bonchev–Trinajstić information content (AvgIpc) is 2.00. The summed E-state index contributed by atoms with van der Waals surface area (Å²) in [7, 11) is 0. The van der Waals surface area contributed by atoms with Gasteiger partial charge in [0.2, 0.25) is 0 Å². The van der Waals surface area contributed by atoms with Crippen molar-refractivity contribution in [3.05, 3.63) is 16.4 Å². The van der Waals surface area contributed by atoms with E-state index in [1.54, 1.807) is 0 Å². The zero-order valence-corrected chi connectivity index (χ0v) is 7.35. The predicted octanol–water partition coefficient (Wildman–Crippen LogP) is 2.07. The first-order chi connectivity index (χ1) is 5.54. The molecular formula is C6H5BrF2N2O. The van der Waals surface area contributed by atoms with Crippen molar-refractivity contribution in [2.75, 3.05) is 5.73 Å². The van der Waals surface area contributed by atoms with E-state index in [-0.39, 0.29) is 5.69 Å². The number of halogens is 3. The smallest absolute Gasteiger partial charge is 0.284 e. The minimum atomic E-state index is -2.82. The van der Waals surface area contributed by atoms with Crippen LogP contribution in [-0.2, 0) is 0 Å². The van der Waals surface area contributed by atoms with Crippen LogP contribution in [0.1, 0.15) is 12.1 Å². The molecule has 1 rings (SSSR count). The van der Waals surface area contributed by atoms with Crippen molar-refractivity contribution in [1.82, 2.24) is 4.98 Å². The minimum absolute atomic E-state index is 0.125. The van der Waals surface area contributed by atoms with Gasteiger partial charge in [-0.05, 0) is 15.9 Å². The largest absolute Gasteiger partial charge is 0.504 e. The summed E-state index contributed by atoms with van der Waals surface area (Å²) in [5.41, 5.74) is 4.43. The molecule has 1 heterocycles. The second kappa shape index (κ2) is 3.22. The number of hydrogen-bond acceptors (Lipinski definition) is 3. The molecule has 0 radical (unpaired) electrons. The molecule has 0 aromatic carbocycles. The van der Waals surface area contributed by atoms with Crippen LogP contribution < -0.4 is 5.73 Å². The Bertz CT molecular complexity index is 306. The van der Waals surface area contributed by atoms with E-state index in [4.69, 9.17) is 10.8 Å². The number of pyridine rings is 1. The fourth-order valence-corrected chi connectivity index (χ4v) is 0.958. The van der Waals surface area contributed by atoms with Gasteiger partial charge in [0.05, 0.1) is 10.2 Å². The maximum atomic E-state index is 12.0. The highest BCUT2D eigenvalue weighted by Crippen LogP contribution is 2.34. The normalized spacial score (nSPS) is 10.7. The van der Waals surface area contributed by atoms with E-state index in [2.05, 4.69) is 20.9 Å². The maximum Gasteiger partial charge on any atom is 0.284 e. The highest BCUT2D eigenvalue weighted by Gasteiger charge is 2.17. The topological polar surface area (TPSA) is 59.1 Å². The number of rotatable bonds is 1. The molecule has 12 heavy (non-hydrogen) atoms. The molecule has 0 fully saturated rings. The van der Waals surface area contributed by atoms with Gasteiger partial charge in [-0.15, -0.1) is 0 Å². The second-order valence-corrected chi connectivity index (χ2v) is 2.91. The number of alkyl halides is 2. The molecule has 0 bridgehead atoms. The molecule has 0 aliphatic heterocycles. The summed E-state index contributed by atoms with van der Waals surface area (Å²) in [6.07, 6.45) is -1.70. The number of hydrogen-bond donors (Lipinski definition) is 2. The van der Waals surface area contributed by atoms with Crippen LogP contribution in [0.3, 0.4) is 0 Å². The first-order valence-electron chi connectivity index (χ1n) is 2.95. The van der Waals surface area contributed by atoms with Crippen LogP contribution >= 0.6 is 15.9 Å². The summed E-state index contributed by atoms with van der Waals surface area (Å²) in [6.45, 7) is 0. The van der Waals surface area contributed by atoms with Gasteiger partial charge in [0.1, 0.15) is 0 Å². The number of nitrogens with zero attached hydrogens (tertiary/aromatic N) is 1. The third-order valence-corrected chi connectivity index (χ3v) is 1.91. The first-order valence-corrected chi connectivity index (χ1v) is 3.74. The van der Waals surface area contributed by atoms with Crippen molar-refractivity contribution in [2.24, 2.45) is 0 Å². The SMILES string of the molecule is Nc1c(Br)cnc(C(F)F)c1O. The summed E-state index contributed by atoms with van der Waals surface area (Å²) in [5, 5.41) is 9.05. The van der Waals surface area contributed by atoms with Crippen LogP contribution in [-0.4, -0.2) is 10.1 Å². The monoisotopic (exact) mass is 238 g/mol. The molecule has 66 valence electrons. The van der Waals surface area contributed by atoms with E-state index >= 15 is 0 Å². The van der Waals surface area contributed by atoms with Crippen LogP contribution in [0.4, 0.5) is 14.5 Å². The fraction of sp³-hybridized carbons (Fsp3) is 0.167. The molecule has 6 heteroatoms. The summed E-state index contributed by atoms with van der Waals surface area (Å²) < 4.78 is 24.4. The third-order valence-electron chi connectivity index (χ3n) is 1.28. The van der Waals surface area contributed by atoms with Gasteiger partial charge in [-0.3, -0.25) is 4.98 Å². The Hall–Kier alpha value is -0.910. The molecule has 0 aliphatic rings. The quantitative estimate of drug-likeness (QED) is 0.788. The summed E-state index contributed by atoms with van der Waals surface area (Å²) in [4.78, 5) is 3.31. The Labute approximate surface area is 75.3 Å². The van der Waals surface area contributed by atoms with E-state index in [9.17, 15) is 8.78 Å². The number of aromatic hydroxyl groups is 1. The lowest BCUT2D eigenvalue weighted by atomic mass is 10.3. The molecule has 0 aliphatic carbocycles. The van der Waals surface area contributed by atoms with Crippen LogP contribution in [0, 0.1) is 0 Å². The Morgan fingerprint density at radius 1 is 1.58 bits per heavy atom. The van der Waals surface area contributed by atoms with Gasteiger partial charge in [0.25, 0.3) is 6.43 Å². The van der Waals surface area contributed by atoms with E-state index < -0.39 is 17.9 Å². The van der Waals surface area contributed by atoms with Crippen molar-refractivity contribution in [2.45, 2.75) is 6.43 Å². The molecule has 1 aromatic rings. The van der Waals surface area contributed by atoms with Gasteiger partial charge < -0.3 is 10.8 Å². The zero-order chi connectivity index (χ0) is 9.30. The highest BCUT2D eigenvalue weighted by molar-refractivity contribution is 9.10. The van der Waals surface area contributed by atoms with E-state index in [1.165, 1.54) is 0 Å². The van der Waals surface area contributed by atoms with E-state index in [0.717, 1.165) is 6.20 Å². The molecule has 0 spiro atoms. The minimum Gasteiger partial charge on any atom is -0.504 e. The van der Waals surface area contributed by atoms with Crippen LogP contribution in [0.5, 0.6) is 5.75 Å². The average molecular weight is 239 g/mol. The van der Waals surface area contributed by atoms with Gasteiger partial charge in [-0.2, -0.15) is 0 Å². The van der Waals surface area contributed by atoms with Crippen molar-refractivity contribution < 1.29 is 13.9 Å². The van der Waals surface area contributed by atoms with Crippen molar-refractivity contribution in [3.63, 3.8) is 0 Å². The molecule has 0 saturated heterocycles. The standard InChI is InChI=1S/C6H5BrF2N2O/c7-2-1-11-4(6(8)9)5(12)3(2)10/h1,6,12H,(H2,10,11). The van der Waals surface area contributed by atoms with Crippen LogP contribution in [0.2, 0.25) is 0 Å². The summed E-state index contributed by atoms with van der Waals surface area (Å²) in [5.74, 6) is -0.667. The predicted molar refractivity (Wildman–Crippen MR) is 43.0 cm³/mol. The van der Waals surface area contributed by atoms with Gasteiger partial charge in [0.15, 0.2) is 11.4 Å². The Morgan fingerprint density at radius 3 is 2.67 bits per heavy atom. The summed E-state index contributed by atoms with van der Waals surface area (Å²) in [6, 6.07) is 0. The van der Waals surface area contributed by atoms with Crippen molar-refractivity contribution >= 4 is 21.6 Å². The Morgan fingerprint density at radius 2 is 2.17 bits per heavy atom. The number of nitrogens with two attached hydrogens (primary N) is 1. The summed E-state index contributed by atoms with van der Waals surface area (Å²) >= 11 is 2.94. The Kier molecular flexibility index (Phi) is 2.46. The molecule has 0 atom stereocenters. The number of anilines is 1. The lowest BCUT2D eigenvalue weighted by Crippen LogP contribution is -1.96. The van der Waals surface area contributed by atoms with E-state index in [1.807, 2.05) is 0 Å². The third kappa shape index (κ3) is 1.47. The van der Waals surface area contributed by atoms with Crippen molar-refractivity contribution in [3.8, 4) is 5.75 Å². The highest BCUT2D eigenvalue weighted by atomic mass is 79.9. The molecule has 0 amide bonds. The Balaban J connectivity index is 3.27. The van der Waals surface area contributed by atoms with Crippen LogP contribution in [0.15, 0.2) is 10.7 Å².